The van der Waals surface area contributed by atoms with Crippen molar-refractivity contribution in [3.05, 3.63) is 34.9 Å². The molecule has 0 spiro atoms. The van der Waals surface area contributed by atoms with Crippen molar-refractivity contribution in [3.8, 4) is 0 Å². The molecule has 1 unspecified atom stereocenters. The van der Waals surface area contributed by atoms with Crippen LogP contribution < -0.4 is 5.73 Å². The second kappa shape index (κ2) is 6.67. The third-order valence-corrected chi connectivity index (χ3v) is 5.21. The monoisotopic (exact) mass is 269 g/mol. The topological polar surface area (TPSA) is 26.0 Å². The number of hydrogen-bond acceptors (Lipinski definition) is 2. The Balaban J connectivity index is 1.91. The van der Waals surface area contributed by atoms with Crippen LogP contribution in [0.25, 0.3) is 0 Å². The van der Waals surface area contributed by atoms with Gasteiger partial charge in [-0.2, -0.15) is 11.8 Å². The summed E-state index contributed by atoms with van der Waals surface area (Å²) in [7, 11) is 0. The van der Waals surface area contributed by atoms with Crippen molar-refractivity contribution < 1.29 is 0 Å². The first-order valence-electron chi connectivity index (χ1n) is 6.36. The van der Waals surface area contributed by atoms with Gasteiger partial charge in [-0.15, -0.1) is 0 Å². The number of halogens is 1. The van der Waals surface area contributed by atoms with Gasteiger partial charge in [0.1, 0.15) is 0 Å². The molecule has 0 aliphatic heterocycles. The Morgan fingerprint density at radius 2 is 2.12 bits per heavy atom. The molecule has 1 aliphatic rings. The molecule has 0 heterocycles. The van der Waals surface area contributed by atoms with Crippen molar-refractivity contribution in [2.24, 2.45) is 11.7 Å². The summed E-state index contributed by atoms with van der Waals surface area (Å²) in [5, 5.41) is 1.21. The summed E-state index contributed by atoms with van der Waals surface area (Å²) < 4.78 is 0. The summed E-state index contributed by atoms with van der Waals surface area (Å²) in [6.07, 6.45) is 5.63. The van der Waals surface area contributed by atoms with Gasteiger partial charge in [0.15, 0.2) is 0 Å². The van der Waals surface area contributed by atoms with E-state index in [0.717, 1.165) is 10.9 Å². The molecule has 2 N–H and O–H groups in total. The van der Waals surface area contributed by atoms with Gasteiger partial charge in [-0.05, 0) is 42.2 Å². The van der Waals surface area contributed by atoms with Crippen LogP contribution in [0.15, 0.2) is 24.3 Å². The normalized spacial score (nSPS) is 18.5. The summed E-state index contributed by atoms with van der Waals surface area (Å²) in [5.41, 5.74) is 7.14. The van der Waals surface area contributed by atoms with E-state index in [-0.39, 0.29) is 0 Å². The van der Waals surface area contributed by atoms with E-state index in [2.05, 4.69) is 6.07 Å². The predicted octanol–water partition coefficient (Wildman–Crippen LogP) is 4.26. The van der Waals surface area contributed by atoms with E-state index in [9.17, 15) is 0 Å². The van der Waals surface area contributed by atoms with Crippen molar-refractivity contribution in [1.82, 2.24) is 0 Å². The first-order chi connectivity index (χ1) is 8.29. The highest BCUT2D eigenvalue weighted by atomic mass is 35.5. The Bertz CT molecular complexity index is 350. The van der Waals surface area contributed by atoms with Crippen molar-refractivity contribution in [2.45, 2.75) is 30.9 Å². The van der Waals surface area contributed by atoms with Crippen LogP contribution in [0, 0.1) is 5.92 Å². The van der Waals surface area contributed by atoms with Crippen molar-refractivity contribution in [3.63, 3.8) is 0 Å². The minimum atomic E-state index is 0.397. The molecule has 0 amide bonds. The van der Waals surface area contributed by atoms with Crippen LogP contribution in [-0.4, -0.2) is 12.3 Å². The van der Waals surface area contributed by atoms with Crippen LogP contribution in [-0.2, 0) is 0 Å². The maximum atomic E-state index is 6.02. The molecule has 3 heteroatoms. The molecule has 0 saturated heterocycles. The van der Waals surface area contributed by atoms with E-state index in [1.807, 2.05) is 30.0 Å². The van der Waals surface area contributed by atoms with Gasteiger partial charge in [-0.25, -0.2) is 0 Å². The Hall–Kier alpha value is -0.180. The van der Waals surface area contributed by atoms with Crippen molar-refractivity contribution >= 4 is 23.4 Å². The number of hydrogen-bond donors (Lipinski definition) is 1. The third-order valence-electron chi connectivity index (χ3n) is 3.44. The fraction of sp³-hybridized carbons (Fsp3) is 0.571. The van der Waals surface area contributed by atoms with Crippen LogP contribution in [0.5, 0.6) is 0 Å². The van der Waals surface area contributed by atoms with E-state index in [0.29, 0.717) is 11.8 Å². The Kier molecular flexibility index (Phi) is 5.20. The lowest BCUT2D eigenvalue weighted by Gasteiger charge is -2.17. The van der Waals surface area contributed by atoms with Crippen LogP contribution in [0.3, 0.4) is 0 Å². The highest BCUT2D eigenvalue weighted by Gasteiger charge is 2.18. The molecule has 0 aromatic heterocycles. The zero-order chi connectivity index (χ0) is 12.1. The maximum Gasteiger partial charge on any atom is 0.0420 e. The van der Waals surface area contributed by atoms with Gasteiger partial charge in [0.2, 0.25) is 0 Å². The molecule has 0 bridgehead atoms. The summed E-state index contributed by atoms with van der Waals surface area (Å²) in [6, 6.07) is 8.10. The molecule has 1 saturated carbocycles. The summed E-state index contributed by atoms with van der Waals surface area (Å²) in [4.78, 5) is 0. The minimum absolute atomic E-state index is 0.397. The molecule has 1 aliphatic carbocycles. The van der Waals surface area contributed by atoms with E-state index in [4.69, 9.17) is 17.3 Å². The fourth-order valence-electron chi connectivity index (χ4n) is 2.44. The first kappa shape index (κ1) is 13.3. The van der Waals surface area contributed by atoms with Gasteiger partial charge in [0.25, 0.3) is 0 Å². The quantitative estimate of drug-likeness (QED) is 0.864. The van der Waals surface area contributed by atoms with Crippen molar-refractivity contribution in [2.75, 3.05) is 12.3 Å². The van der Waals surface area contributed by atoms with Crippen LogP contribution >= 0.6 is 23.4 Å². The lowest BCUT2D eigenvalue weighted by Crippen LogP contribution is -2.11. The number of rotatable bonds is 5. The third kappa shape index (κ3) is 3.90. The molecule has 17 heavy (non-hydrogen) atoms. The van der Waals surface area contributed by atoms with Gasteiger partial charge in [0, 0.05) is 16.8 Å². The van der Waals surface area contributed by atoms with Gasteiger partial charge in [-0.3, -0.25) is 0 Å². The Morgan fingerprint density at radius 3 is 2.76 bits per heavy atom. The highest BCUT2D eigenvalue weighted by Crippen LogP contribution is 2.35. The maximum absolute atomic E-state index is 6.02. The van der Waals surface area contributed by atoms with E-state index < -0.39 is 0 Å². The average Bonchev–Trinajstić information content (AvgIpc) is 2.83. The molecule has 2 rings (SSSR count). The van der Waals surface area contributed by atoms with Crippen LogP contribution in [0.1, 0.15) is 36.5 Å². The average molecular weight is 270 g/mol. The standard InChI is InChI=1S/C14H20ClNS/c15-13-7-3-6-12(8-13)14(9-16)17-10-11-4-1-2-5-11/h3,6-8,11,14H,1-2,4-5,9-10,16H2. The van der Waals surface area contributed by atoms with Gasteiger partial charge in [0.05, 0.1) is 0 Å². The zero-order valence-electron chi connectivity index (χ0n) is 10.1. The van der Waals surface area contributed by atoms with E-state index >= 15 is 0 Å². The molecule has 1 aromatic rings. The van der Waals surface area contributed by atoms with Crippen LogP contribution in [0.2, 0.25) is 5.02 Å². The smallest absolute Gasteiger partial charge is 0.0420 e. The highest BCUT2D eigenvalue weighted by molar-refractivity contribution is 7.99. The second-order valence-corrected chi connectivity index (χ2v) is 6.44. The summed E-state index contributed by atoms with van der Waals surface area (Å²) >= 11 is 8.02. The molecule has 1 aromatic carbocycles. The minimum Gasteiger partial charge on any atom is -0.329 e. The molecule has 94 valence electrons. The Morgan fingerprint density at radius 1 is 1.35 bits per heavy atom. The molecular weight excluding hydrogens is 250 g/mol. The molecule has 0 radical (unpaired) electrons. The molecule has 1 atom stereocenters. The number of nitrogens with two attached hydrogens (primary N) is 1. The number of benzene rings is 1. The van der Waals surface area contributed by atoms with Crippen LogP contribution in [0.4, 0.5) is 0 Å². The van der Waals surface area contributed by atoms with Gasteiger partial charge < -0.3 is 5.73 Å². The fourth-order valence-corrected chi connectivity index (χ4v) is 3.95. The van der Waals surface area contributed by atoms with E-state index in [1.165, 1.54) is 37.0 Å². The van der Waals surface area contributed by atoms with Gasteiger partial charge >= 0.3 is 0 Å². The van der Waals surface area contributed by atoms with E-state index in [1.54, 1.807) is 0 Å². The SMILES string of the molecule is NCC(SCC1CCCC1)c1cccc(Cl)c1. The molecule has 1 nitrogen and oxygen atoms in total. The number of thioether (sulfide) groups is 1. The Labute approximate surface area is 113 Å². The zero-order valence-corrected chi connectivity index (χ0v) is 11.6. The molecule has 1 fully saturated rings. The largest absolute Gasteiger partial charge is 0.329 e. The summed E-state index contributed by atoms with van der Waals surface area (Å²) in [5.74, 6) is 2.15. The first-order valence-corrected chi connectivity index (χ1v) is 7.79. The second-order valence-electron chi connectivity index (χ2n) is 4.76. The summed E-state index contributed by atoms with van der Waals surface area (Å²) in [6.45, 7) is 0.692. The van der Waals surface area contributed by atoms with Crippen molar-refractivity contribution in [1.29, 1.82) is 0 Å². The van der Waals surface area contributed by atoms with Gasteiger partial charge in [-0.1, -0.05) is 36.6 Å². The molecular formula is C14H20ClNS. The lowest BCUT2D eigenvalue weighted by atomic mass is 10.1. The predicted molar refractivity (Wildman–Crippen MR) is 77.7 cm³/mol. The lowest BCUT2D eigenvalue weighted by molar-refractivity contribution is 0.622.